The number of rotatable bonds is 4. The first-order chi connectivity index (χ1) is 7.09. The Balaban J connectivity index is 2.27. The van der Waals surface area contributed by atoms with E-state index in [1.807, 2.05) is 13.8 Å². The number of carbonyl (C=O) groups excluding carboxylic acids is 2. The van der Waals surface area contributed by atoms with Crippen molar-refractivity contribution < 1.29 is 9.59 Å². The van der Waals surface area contributed by atoms with Crippen LogP contribution in [0.25, 0.3) is 0 Å². The zero-order valence-electron chi connectivity index (χ0n) is 9.30. The largest absolute Gasteiger partial charge is 0.354 e. The van der Waals surface area contributed by atoms with Crippen molar-refractivity contribution in [1.29, 1.82) is 0 Å². The van der Waals surface area contributed by atoms with Gasteiger partial charge in [-0.2, -0.15) is 0 Å². The maximum absolute atomic E-state index is 11.4. The smallest absolute Gasteiger partial charge is 0.242 e. The van der Waals surface area contributed by atoms with Gasteiger partial charge in [0.1, 0.15) is 6.04 Å². The number of hydrogen-bond acceptors (Lipinski definition) is 3. The molecule has 2 amide bonds. The van der Waals surface area contributed by atoms with Crippen molar-refractivity contribution in [2.45, 2.75) is 38.8 Å². The van der Waals surface area contributed by atoms with Crippen LogP contribution in [-0.4, -0.2) is 37.0 Å². The van der Waals surface area contributed by atoms with Crippen molar-refractivity contribution >= 4 is 11.8 Å². The molecule has 0 saturated carbocycles. The van der Waals surface area contributed by atoms with Gasteiger partial charge in [0.15, 0.2) is 0 Å². The summed E-state index contributed by atoms with van der Waals surface area (Å²) >= 11 is 0. The minimum Gasteiger partial charge on any atom is -0.354 e. The maximum Gasteiger partial charge on any atom is 0.242 e. The average molecular weight is 213 g/mol. The second-order valence-corrected chi connectivity index (χ2v) is 4.09. The molecule has 1 saturated heterocycles. The molecule has 1 atom stereocenters. The van der Waals surface area contributed by atoms with E-state index >= 15 is 0 Å². The highest BCUT2D eigenvalue weighted by Gasteiger charge is 2.23. The lowest BCUT2D eigenvalue weighted by molar-refractivity contribution is -0.129. The van der Waals surface area contributed by atoms with E-state index in [2.05, 4.69) is 16.0 Å². The Hall–Kier alpha value is -1.10. The topological polar surface area (TPSA) is 70.2 Å². The molecule has 0 aromatic carbocycles. The number of nitrogens with one attached hydrogen (secondary N) is 3. The molecule has 0 spiro atoms. The van der Waals surface area contributed by atoms with E-state index in [1.165, 1.54) is 0 Å². The number of piperidine rings is 1. The Morgan fingerprint density at radius 3 is 2.93 bits per heavy atom. The van der Waals surface area contributed by atoms with Gasteiger partial charge in [-0.3, -0.25) is 9.59 Å². The zero-order valence-corrected chi connectivity index (χ0v) is 9.30. The fourth-order valence-corrected chi connectivity index (χ4v) is 1.45. The lowest BCUT2D eigenvalue weighted by Crippen LogP contribution is -2.52. The Kier molecular flexibility index (Phi) is 4.55. The van der Waals surface area contributed by atoms with Gasteiger partial charge >= 0.3 is 0 Å². The molecule has 0 aromatic rings. The Morgan fingerprint density at radius 2 is 2.33 bits per heavy atom. The number of carbonyl (C=O) groups is 2. The van der Waals surface area contributed by atoms with Crippen molar-refractivity contribution in [1.82, 2.24) is 16.0 Å². The molecule has 1 unspecified atom stereocenters. The minimum absolute atomic E-state index is 0.0702. The van der Waals surface area contributed by atoms with E-state index in [0.29, 0.717) is 0 Å². The summed E-state index contributed by atoms with van der Waals surface area (Å²) in [6.45, 7) is 4.93. The highest BCUT2D eigenvalue weighted by atomic mass is 16.2. The molecular formula is C10H19N3O2. The molecule has 0 aromatic heterocycles. The van der Waals surface area contributed by atoms with Crippen LogP contribution in [0.3, 0.4) is 0 Å². The van der Waals surface area contributed by atoms with Crippen LogP contribution in [0.15, 0.2) is 0 Å². The van der Waals surface area contributed by atoms with Crippen molar-refractivity contribution in [3.05, 3.63) is 0 Å². The predicted molar refractivity (Wildman–Crippen MR) is 57.3 cm³/mol. The van der Waals surface area contributed by atoms with E-state index in [9.17, 15) is 9.59 Å². The molecule has 15 heavy (non-hydrogen) atoms. The van der Waals surface area contributed by atoms with Gasteiger partial charge in [-0.15, -0.1) is 0 Å². The molecule has 1 aliphatic rings. The molecule has 1 rings (SSSR count). The normalized spacial score (nSPS) is 21.3. The van der Waals surface area contributed by atoms with Crippen molar-refractivity contribution in [3.8, 4) is 0 Å². The van der Waals surface area contributed by atoms with E-state index in [1.54, 1.807) is 0 Å². The van der Waals surface area contributed by atoms with Crippen molar-refractivity contribution in [3.63, 3.8) is 0 Å². The van der Waals surface area contributed by atoms with Crippen molar-refractivity contribution in [2.24, 2.45) is 0 Å². The third kappa shape index (κ3) is 4.29. The monoisotopic (exact) mass is 213 g/mol. The van der Waals surface area contributed by atoms with Gasteiger partial charge in [0.25, 0.3) is 0 Å². The first-order valence-electron chi connectivity index (χ1n) is 5.40. The second kappa shape index (κ2) is 5.70. The van der Waals surface area contributed by atoms with Crippen LogP contribution >= 0.6 is 0 Å². The molecule has 1 fully saturated rings. The van der Waals surface area contributed by atoms with E-state index in [0.717, 1.165) is 19.4 Å². The van der Waals surface area contributed by atoms with E-state index in [4.69, 9.17) is 0 Å². The second-order valence-electron chi connectivity index (χ2n) is 4.09. The van der Waals surface area contributed by atoms with Crippen LogP contribution < -0.4 is 16.0 Å². The van der Waals surface area contributed by atoms with Crippen LogP contribution in [0.4, 0.5) is 0 Å². The van der Waals surface area contributed by atoms with Crippen LogP contribution in [0.2, 0.25) is 0 Å². The molecule has 5 heteroatoms. The zero-order chi connectivity index (χ0) is 11.3. The van der Waals surface area contributed by atoms with Crippen LogP contribution in [-0.2, 0) is 9.59 Å². The Labute approximate surface area is 90.0 Å². The summed E-state index contributed by atoms with van der Waals surface area (Å²) < 4.78 is 0. The van der Waals surface area contributed by atoms with Gasteiger partial charge in [-0.1, -0.05) is 13.8 Å². The van der Waals surface area contributed by atoms with Gasteiger partial charge in [0.2, 0.25) is 11.8 Å². The summed E-state index contributed by atoms with van der Waals surface area (Å²) in [5.74, 6) is -0.190. The fourth-order valence-electron chi connectivity index (χ4n) is 1.45. The third-order valence-electron chi connectivity index (χ3n) is 2.29. The summed E-state index contributed by atoms with van der Waals surface area (Å²) in [6.07, 6.45) is 1.66. The average Bonchev–Trinajstić information content (AvgIpc) is 2.18. The molecule has 5 nitrogen and oxygen atoms in total. The summed E-state index contributed by atoms with van der Waals surface area (Å²) in [4.78, 5) is 22.7. The van der Waals surface area contributed by atoms with Gasteiger partial charge in [-0.25, -0.2) is 0 Å². The van der Waals surface area contributed by atoms with Gasteiger partial charge in [0.05, 0.1) is 6.54 Å². The molecule has 1 aliphatic heterocycles. The molecular weight excluding hydrogens is 194 g/mol. The minimum atomic E-state index is -0.347. The molecule has 86 valence electrons. The number of hydrogen-bond donors (Lipinski definition) is 3. The SMILES string of the molecule is CC(C)NCC(=O)NC1CCCNC1=O. The maximum atomic E-state index is 11.4. The quantitative estimate of drug-likeness (QED) is 0.583. The highest BCUT2D eigenvalue weighted by Crippen LogP contribution is 2.02. The van der Waals surface area contributed by atoms with Gasteiger partial charge in [0, 0.05) is 12.6 Å². The van der Waals surface area contributed by atoms with Crippen LogP contribution in [0.5, 0.6) is 0 Å². The summed E-state index contributed by atoms with van der Waals surface area (Å²) in [6, 6.07) is -0.0730. The summed E-state index contributed by atoms with van der Waals surface area (Å²) in [5, 5.41) is 8.44. The van der Waals surface area contributed by atoms with Crippen molar-refractivity contribution in [2.75, 3.05) is 13.1 Å². The highest BCUT2D eigenvalue weighted by molar-refractivity contribution is 5.88. The lowest BCUT2D eigenvalue weighted by atomic mass is 10.1. The lowest BCUT2D eigenvalue weighted by Gasteiger charge is -2.23. The number of amides is 2. The Morgan fingerprint density at radius 1 is 1.60 bits per heavy atom. The fraction of sp³-hybridized carbons (Fsp3) is 0.800. The molecule has 0 bridgehead atoms. The van der Waals surface area contributed by atoms with Crippen LogP contribution in [0, 0.1) is 0 Å². The predicted octanol–water partition coefficient (Wildman–Crippen LogP) is -0.621. The molecule has 0 aliphatic carbocycles. The third-order valence-corrected chi connectivity index (χ3v) is 2.29. The first-order valence-corrected chi connectivity index (χ1v) is 5.40. The summed E-state index contributed by atoms with van der Waals surface area (Å²) in [5.41, 5.74) is 0. The summed E-state index contributed by atoms with van der Waals surface area (Å²) in [7, 11) is 0. The van der Waals surface area contributed by atoms with E-state index in [-0.39, 0.29) is 30.4 Å². The molecule has 0 radical (unpaired) electrons. The van der Waals surface area contributed by atoms with Crippen LogP contribution in [0.1, 0.15) is 26.7 Å². The first kappa shape index (κ1) is 12.0. The Bertz CT molecular complexity index is 241. The van der Waals surface area contributed by atoms with Gasteiger partial charge < -0.3 is 16.0 Å². The molecule has 3 N–H and O–H groups in total. The standard InChI is InChI=1S/C10H19N3O2/c1-7(2)12-6-9(14)13-8-4-3-5-11-10(8)15/h7-8,12H,3-6H2,1-2H3,(H,11,15)(H,13,14). The molecule has 1 heterocycles. The van der Waals surface area contributed by atoms with E-state index < -0.39 is 0 Å². The van der Waals surface area contributed by atoms with Gasteiger partial charge in [-0.05, 0) is 12.8 Å².